The average Bonchev–Trinajstić information content (AvgIpc) is 2.45. The Labute approximate surface area is 139 Å². The van der Waals surface area contributed by atoms with Gasteiger partial charge in [0.05, 0.1) is 10.9 Å². The van der Waals surface area contributed by atoms with Crippen LogP contribution in [0.5, 0.6) is 0 Å². The number of aromatic nitrogens is 2. The van der Waals surface area contributed by atoms with Gasteiger partial charge < -0.3 is 4.74 Å². The van der Waals surface area contributed by atoms with Crippen molar-refractivity contribution in [1.82, 2.24) is 9.55 Å². The maximum absolute atomic E-state index is 12.7. The van der Waals surface area contributed by atoms with E-state index in [1.165, 1.54) is 0 Å². The quantitative estimate of drug-likeness (QED) is 0.434. The predicted octanol–water partition coefficient (Wildman–Crippen LogP) is 3.98. The molecule has 0 aliphatic heterocycles. The summed E-state index contributed by atoms with van der Waals surface area (Å²) in [7, 11) is 0. The lowest BCUT2D eigenvalue weighted by Gasteiger charge is -2.14. The molecule has 0 amide bonds. The minimum Gasteiger partial charge on any atom is -0.382 e. The first-order valence-corrected chi connectivity index (χ1v) is 8.73. The van der Waals surface area contributed by atoms with Crippen LogP contribution in [0.1, 0.15) is 27.2 Å². The molecular formula is C16H21ClN2O2S. The molecule has 120 valence electrons. The summed E-state index contributed by atoms with van der Waals surface area (Å²) in [6, 6.07) is 5.22. The molecule has 2 aromatic rings. The van der Waals surface area contributed by atoms with Crippen molar-refractivity contribution >= 4 is 34.3 Å². The summed E-state index contributed by atoms with van der Waals surface area (Å²) in [6.07, 6.45) is 0.792. The molecule has 0 radical (unpaired) electrons. The molecule has 1 aromatic carbocycles. The molecule has 0 unspecified atom stereocenters. The number of hydrogen-bond donors (Lipinski definition) is 0. The molecule has 1 aromatic heterocycles. The van der Waals surface area contributed by atoms with E-state index >= 15 is 0 Å². The van der Waals surface area contributed by atoms with Crippen LogP contribution in [-0.2, 0) is 11.3 Å². The van der Waals surface area contributed by atoms with Gasteiger partial charge in [0.25, 0.3) is 5.56 Å². The Morgan fingerprint density at radius 1 is 1.41 bits per heavy atom. The zero-order chi connectivity index (χ0) is 16.1. The highest BCUT2D eigenvalue weighted by molar-refractivity contribution is 7.99. The van der Waals surface area contributed by atoms with E-state index < -0.39 is 0 Å². The number of rotatable bonds is 7. The first kappa shape index (κ1) is 17.3. The number of hydrogen-bond acceptors (Lipinski definition) is 4. The molecule has 0 saturated carbocycles. The molecule has 4 nitrogen and oxygen atoms in total. The Bertz CT molecular complexity index is 700. The molecule has 0 bridgehead atoms. The SMILES string of the molecule is CCOCCCn1c(SC(C)C)nc2cc(Cl)ccc2c1=O. The summed E-state index contributed by atoms with van der Waals surface area (Å²) in [5.74, 6) is 0. The van der Waals surface area contributed by atoms with E-state index in [4.69, 9.17) is 16.3 Å². The standard InChI is InChI=1S/C16H21ClN2O2S/c1-4-21-9-5-8-19-15(20)13-7-6-12(17)10-14(13)18-16(19)22-11(2)3/h6-7,10-11H,4-5,8-9H2,1-3H3. The highest BCUT2D eigenvalue weighted by atomic mass is 35.5. The fourth-order valence-corrected chi connectivity index (χ4v) is 3.18. The summed E-state index contributed by atoms with van der Waals surface area (Å²) in [5, 5.41) is 2.29. The summed E-state index contributed by atoms with van der Waals surface area (Å²) in [5.41, 5.74) is 0.642. The van der Waals surface area contributed by atoms with Gasteiger partial charge in [0.1, 0.15) is 0 Å². The second-order valence-corrected chi connectivity index (χ2v) is 7.21. The van der Waals surface area contributed by atoms with Gasteiger partial charge in [0.2, 0.25) is 0 Å². The van der Waals surface area contributed by atoms with E-state index in [2.05, 4.69) is 18.8 Å². The average molecular weight is 341 g/mol. The van der Waals surface area contributed by atoms with Crippen molar-refractivity contribution in [2.75, 3.05) is 13.2 Å². The van der Waals surface area contributed by atoms with Crippen LogP contribution in [0.2, 0.25) is 5.02 Å². The lowest BCUT2D eigenvalue weighted by atomic mass is 10.2. The van der Waals surface area contributed by atoms with Gasteiger partial charge in [-0.25, -0.2) is 4.98 Å². The van der Waals surface area contributed by atoms with Gasteiger partial charge in [-0.15, -0.1) is 0 Å². The van der Waals surface area contributed by atoms with E-state index in [1.807, 2.05) is 6.92 Å². The highest BCUT2D eigenvalue weighted by Gasteiger charge is 2.13. The largest absolute Gasteiger partial charge is 0.382 e. The van der Waals surface area contributed by atoms with Crippen molar-refractivity contribution in [1.29, 1.82) is 0 Å². The third kappa shape index (κ3) is 4.24. The third-order valence-corrected chi connectivity index (χ3v) is 4.33. The third-order valence-electron chi connectivity index (χ3n) is 3.10. The van der Waals surface area contributed by atoms with Crippen molar-refractivity contribution in [3.8, 4) is 0 Å². The monoisotopic (exact) mass is 340 g/mol. The van der Waals surface area contributed by atoms with Crippen molar-refractivity contribution < 1.29 is 4.74 Å². The minimum absolute atomic E-state index is 0.0127. The second-order valence-electron chi connectivity index (χ2n) is 5.23. The van der Waals surface area contributed by atoms with Gasteiger partial charge in [0, 0.05) is 30.0 Å². The first-order chi connectivity index (χ1) is 10.5. The number of ether oxygens (including phenoxy) is 1. The van der Waals surface area contributed by atoms with E-state index in [0.29, 0.717) is 40.9 Å². The van der Waals surface area contributed by atoms with Gasteiger partial charge in [-0.3, -0.25) is 9.36 Å². The predicted molar refractivity (Wildman–Crippen MR) is 93.1 cm³/mol. The smallest absolute Gasteiger partial charge is 0.262 e. The number of nitrogens with zero attached hydrogens (tertiary/aromatic N) is 2. The van der Waals surface area contributed by atoms with E-state index in [0.717, 1.165) is 11.6 Å². The molecule has 0 fully saturated rings. The van der Waals surface area contributed by atoms with Crippen LogP contribution < -0.4 is 5.56 Å². The Kier molecular flexibility index (Phi) is 6.29. The summed E-state index contributed by atoms with van der Waals surface area (Å²) < 4.78 is 7.11. The Balaban J connectivity index is 2.43. The molecule has 0 saturated heterocycles. The summed E-state index contributed by atoms with van der Waals surface area (Å²) >= 11 is 7.61. The molecule has 0 atom stereocenters. The highest BCUT2D eigenvalue weighted by Crippen LogP contribution is 2.23. The van der Waals surface area contributed by atoms with Gasteiger partial charge in [-0.1, -0.05) is 37.2 Å². The zero-order valence-electron chi connectivity index (χ0n) is 13.1. The molecule has 2 rings (SSSR count). The topological polar surface area (TPSA) is 44.1 Å². The molecule has 0 aliphatic carbocycles. The zero-order valence-corrected chi connectivity index (χ0v) is 14.7. The molecule has 6 heteroatoms. The van der Waals surface area contributed by atoms with E-state index in [9.17, 15) is 4.79 Å². The fraction of sp³-hybridized carbons (Fsp3) is 0.500. The van der Waals surface area contributed by atoms with E-state index in [1.54, 1.807) is 34.5 Å². The molecule has 0 spiro atoms. The number of fused-ring (bicyclic) bond motifs is 1. The second kappa shape index (κ2) is 7.99. The molecular weight excluding hydrogens is 320 g/mol. The lowest BCUT2D eigenvalue weighted by molar-refractivity contribution is 0.140. The van der Waals surface area contributed by atoms with Gasteiger partial charge in [-0.2, -0.15) is 0 Å². The van der Waals surface area contributed by atoms with Crippen LogP contribution in [0.4, 0.5) is 0 Å². The first-order valence-electron chi connectivity index (χ1n) is 7.47. The van der Waals surface area contributed by atoms with Crippen LogP contribution in [0, 0.1) is 0 Å². The van der Waals surface area contributed by atoms with Gasteiger partial charge >= 0.3 is 0 Å². The Hall–Kier alpha value is -1.04. The van der Waals surface area contributed by atoms with Crippen LogP contribution in [-0.4, -0.2) is 28.0 Å². The lowest BCUT2D eigenvalue weighted by Crippen LogP contribution is -2.24. The van der Waals surface area contributed by atoms with Crippen molar-refractivity contribution in [2.45, 2.75) is 44.1 Å². The van der Waals surface area contributed by atoms with Crippen LogP contribution in [0.15, 0.2) is 28.2 Å². The molecule has 0 aliphatic rings. The van der Waals surface area contributed by atoms with Crippen molar-refractivity contribution in [3.05, 3.63) is 33.6 Å². The van der Waals surface area contributed by atoms with Crippen molar-refractivity contribution in [2.24, 2.45) is 0 Å². The van der Waals surface area contributed by atoms with Gasteiger partial charge in [-0.05, 0) is 31.5 Å². The molecule has 1 heterocycles. The van der Waals surface area contributed by atoms with Crippen LogP contribution in [0.3, 0.4) is 0 Å². The van der Waals surface area contributed by atoms with Crippen molar-refractivity contribution in [3.63, 3.8) is 0 Å². The number of thioether (sulfide) groups is 1. The molecule has 0 N–H and O–H groups in total. The summed E-state index contributed by atoms with van der Waals surface area (Å²) in [6.45, 7) is 8.09. The fourth-order valence-electron chi connectivity index (χ4n) is 2.14. The number of halogens is 1. The number of benzene rings is 1. The maximum atomic E-state index is 12.7. The normalized spacial score (nSPS) is 11.5. The van der Waals surface area contributed by atoms with E-state index in [-0.39, 0.29) is 5.56 Å². The maximum Gasteiger partial charge on any atom is 0.262 e. The van der Waals surface area contributed by atoms with Gasteiger partial charge in [0.15, 0.2) is 5.16 Å². The van der Waals surface area contributed by atoms with Crippen LogP contribution in [0.25, 0.3) is 10.9 Å². The summed E-state index contributed by atoms with van der Waals surface area (Å²) in [4.78, 5) is 17.4. The Morgan fingerprint density at radius 2 is 2.18 bits per heavy atom. The molecule has 22 heavy (non-hydrogen) atoms. The van der Waals surface area contributed by atoms with Crippen LogP contribution >= 0.6 is 23.4 Å². The minimum atomic E-state index is -0.0127. The Morgan fingerprint density at radius 3 is 2.86 bits per heavy atom.